The van der Waals surface area contributed by atoms with Crippen LogP contribution in [0.3, 0.4) is 0 Å². The van der Waals surface area contributed by atoms with Gasteiger partial charge in [-0.05, 0) is 69.7 Å². The van der Waals surface area contributed by atoms with Crippen molar-refractivity contribution in [2.24, 2.45) is 17.3 Å². The SMILES string of the molecule is O[C@@H]1/C=C\C=CCCN2C[C@@H]3C=C4CCCCCCCCCC/C=C\CCN5CC[C@H]3C(C1)(C5)C42. The first-order valence-electron chi connectivity index (χ1n) is 15.1. The molecule has 1 aliphatic carbocycles. The van der Waals surface area contributed by atoms with E-state index in [1.807, 2.05) is 0 Å². The van der Waals surface area contributed by atoms with Gasteiger partial charge in [-0.2, -0.15) is 0 Å². The van der Waals surface area contributed by atoms with Crippen LogP contribution in [0.25, 0.3) is 0 Å². The molecule has 0 aromatic heterocycles. The minimum Gasteiger partial charge on any atom is -0.389 e. The molecule has 5 heterocycles. The number of piperidine rings is 2. The third kappa shape index (κ3) is 6.05. The van der Waals surface area contributed by atoms with E-state index in [1.54, 1.807) is 5.57 Å². The highest BCUT2D eigenvalue weighted by Gasteiger charge is 2.59. The van der Waals surface area contributed by atoms with Crippen molar-refractivity contribution in [3.8, 4) is 0 Å². The fourth-order valence-electron chi connectivity index (χ4n) is 8.33. The van der Waals surface area contributed by atoms with Crippen LogP contribution in [0.5, 0.6) is 0 Å². The van der Waals surface area contributed by atoms with E-state index in [9.17, 15) is 5.11 Å². The molecule has 1 spiro atoms. The van der Waals surface area contributed by atoms with Crippen LogP contribution in [0, 0.1) is 17.3 Å². The Balaban J connectivity index is 1.43. The Morgan fingerprint density at radius 2 is 1.57 bits per heavy atom. The zero-order chi connectivity index (χ0) is 23.9. The van der Waals surface area contributed by atoms with Gasteiger partial charge in [-0.25, -0.2) is 0 Å². The summed E-state index contributed by atoms with van der Waals surface area (Å²) in [6, 6.07) is 0.521. The zero-order valence-electron chi connectivity index (χ0n) is 22.1. The maximum atomic E-state index is 11.2. The van der Waals surface area contributed by atoms with Crippen molar-refractivity contribution in [2.75, 3.05) is 32.7 Å². The van der Waals surface area contributed by atoms with Gasteiger partial charge in [0.15, 0.2) is 0 Å². The number of aliphatic hydroxyl groups excluding tert-OH is 1. The van der Waals surface area contributed by atoms with Crippen LogP contribution in [-0.2, 0) is 0 Å². The summed E-state index contributed by atoms with van der Waals surface area (Å²) in [5.41, 5.74) is 1.92. The van der Waals surface area contributed by atoms with E-state index >= 15 is 0 Å². The summed E-state index contributed by atoms with van der Waals surface area (Å²) in [5, 5.41) is 11.2. The summed E-state index contributed by atoms with van der Waals surface area (Å²) >= 11 is 0. The van der Waals surface area contributed by atoms with Gasteiger partial charge in [0.25, 0.3) is 0 Å². The number of nitrogens with zero attached hydrogens (tertiary/aromatic N) is 2. The lowest BCUT2D eigenvalue weighted by Gasteiger charge is -2.64. The average Bonchev–Trinajstić information content (AvgIpc) is 2.87. The van der Waals surface area contributed by atoms with Crippen LogP contribution < -0.4 is 0 Å². The first-order chi connectivity index (χ1) is 17.3. The van der Waals surface area contributed by atoms with Crippen LogP contribution in [0.1, 0.15) is 89.9 Å². The monoisotopic (exact) mass is 478 g/mol. The molecule has 2 saturated heterocycles. The molecule has 1 N–H and O–H groups in total. The molecule has 0 amide bonds. The van der Waals surface area contributed by atoms with E-state index in [-0.39, 0.29) is 11.5 Å². The summed E-state index contributed by atoms with van der Waals surface area (Å²) in [4.78, 5) is 5.62. The number of rotatable bonds is 0. The van der Waals surface area contributed by atoms with Crippen LogP contribution in [0.15, 0.2) is 48.1 Å². The van der Waals surface area contributed by atoms with E-state index in [0.717, 1.165) is 25.3 Å². The molecule has 0 aromatic rings. The molecule has 6 bridgehead atoms. The zero-order valence-corrected chi connectivity index (χ0v) is 22.1. The fourth-order valence-corrected chi connectivity index (χ4v) is 8.33. The number of hydrogen-bond acceptors (Lipinski definition) is 3. The highest BCUT2D eigenvalue weighted by atomic mass is 16.3. The molecule has 5 aliphatic heterocycles. The van der Waals surface area contributed by atoms with Crippen molar-refractivity contribution in [1.82, 2.24) is 9.80 Å². The third-order valence-corrected chi connectivity index (χ3v) is 9.78. The van der Waals surface area contributed by atoms with Gasteiger partial charge in [-0.15, -0.1) is 0 Å². The smallest absolute Gasteiger partial charge is 0.0730 e. The molecule has 3 nitrogen and oxygen atoms in total. The third-order valence-electron chi connectivity index (χ3n) is 9.78. The second-order valence-electron chi connectivity index (χ2n) is 12.2. The highest BCUT2D eigenvalue weighted by molar-refractivity contribution is 5.31. The Bertz CT molecular complexity index is 797. The Labute approximate surface area is 215 Å². The van der Waals surface area contributed by atoms with Gasteiger partial charge >= 0.3 is 0 Å². The average molecular weight is 479 g/mol. The molecule has 6 aliphatic rings. The standard InChI is InChI=1S/C32H50N2O/c35-29-18-14-10-12-16-21-34-25-28-23-27-17-13-9-7-5-3-1-2-4-6-8-11-15-20-33-22-19-30(28)32(24-29,26-33)31(27)34/h8,10-12,14,18,23,28-31,35H,1-7,9,13,15-17,19-22,24-26H2/b11-8-,12-10?,18-14-/t28-,29+,30+,31?,32?/m0/s1. The van der Waals surface area contributed by atoms with Crippen LogP contribution in [0.2, 0.25) is 0 Å². The van der Waals surface area contributed by atoms with E-state index in [0.29, 0.717) is 12.0 Å². The minimum absolute atomic E-state index is 0.186. The van der Waals surface area contributed by atoms with E-state index in [1.165, 1.54) is 103 Å². The second-order valence-corrected chi connectivity index (χ2v) is 12.2. The lowest BCUT2D eigenvalue weighted by molar-refractivity contribution is -0.120. The molecule has 0 aromatic carbocycles. The van der Waals surface area contributed by atoms with Gasteiger partial charge in [0.2, 0.25) is 0 Å². The highest BCUT2D eigenvalue weighted by Crippen LogP contribution is 2.57. The lowest BCUT2D eigenvalue weighted by atomic mass is 9.51. The van der Waals surface area contributed by atoms with Crippen molar-refractivity contribution < 1.29 is 5.11 Å². The molecule has 6 rings (SSSR count). The van der Waals surface area contributed by atoms with Crippen LogP contribution >= 0.6 is 0 Å². The first kappa shape index (κ1) is 25.5. The van der Waals surface area contributed by atoms with Crippen LogP contribution in [0.4, 0.5) is 0 Å². The van der Waals surface area contributed by atoms with Gasteiger partial charge in [-0.3, -0.25) is 4.90 Å². The summed E-state index contributed by atoms with van der Waals surface area (Å²) in [6.45, 7) is 5.98. The van der Waals surface area contributed by atoms with Gasteiger partial charge < -0.3 is 10.0 Å². The topological polar surface area (TPSA) is 26.7 Å². The Kier molecular flexibility index (Phi) is 9.02. The van der Waals surface area contributed by atoms with Crippen molar-refractivity contribution in [3.63, 3.8) is 0 Å². The van der Waals surface area contributed by atoms with E-state index in [4.69, 9.17) is 0 Å². The van der Waals surface area contributed by atoms with E-state index in [2.05, 4.69) is 52.3 Å². The predicted octanol–water partition coefficient (Wildman–Crippen LogP) is 6.66. The molecule has 194 valence electrons. The van der Waals surface area contributed by atoms with Gasteiger partial charge in [-0.1, -0.05) is 86.6 Å². The second kappa shape index (κ2) is 12.4. The predicted molar refractivity (Wildman–Crippen MR) is 147 cm³/mol. The fraction of sp³-hybridized carbons (Fsp3) is 0.750. The maximum Gasteiger partial charge on any atom is 0.0730 e. The first-order valence-corrected chi connectivity index (χ1v) is 15.1. The number of fused-ring (bicyclic) bond motifs is 1. The summed E-state index contributed by atoms with van der Waals surface area (Å²) < 4.78 is 0. The van der Waals surface area contributed by atoms with Crippen molar-refractivity contribution in [1.29, 1.82) is 0 Å². The minimum atomic E-state index is -0.343. The number of allylic oxidation sites excluding steroid dienone is 3. The van der Waals surface area contributed by atoms with Crippen molar-refractivity contribution >= 4 is 0 Å². The summed E-state index contributed by atoms with van der Waals surface area (Å²) in [6.07, 6.45) is 34.1. The molecule has 35 heavy (non-hydrogen) atoms. The van der Waals surface area contributed by atoms with Crippen molar-refractivity contribution in [3.05, 3.63) is 48.1 Å². The van der Waals surface area contributed by atoms with E-state index < -0.39 is 0 Å². The molecule has 0 saturated carbocycles. The largest absolute Gasteiger partial charge is 0.389 e. The molecule has 0 radical (unpaired) electrons. The normalized spacial score (nSPS) is 43.2. The molecule has 7 atom stereocenters. The molecular formula is C32H50N2O. The van der Waals surface area contributed by atoms with Gasteiger partial charge in [0.1, 0.15) is 0 Å². The number of hydrogen-bond donors (Lipinski definition) is 1. The number of aliphatic hydroxyl groups is 1. The summed E-state index contributed by atoms with van der Waals surface area (Å²) in [7, 11) is 0. The lowest BCUT2D eigenvalue weighted by Crippen LogP contribution is -2.69. The molecular weight excluding hydrogens is 428 g/mol. The quantitative estimate of drug-likeness (QED) is 0.394. The van der Waals surface area contributed by atoms with Crippen LogP contribution in [-0.4, -0.2) is 59.8 Å². The maximum absolute atomic E-state index is 11.2. The molecule has 3 heteroatoms. The Hall–Kier alpha value is -1.16. The van der Waals surface area contributed by atoms with Gasteiger partial charge in [0, 0.05) is 37.6 Å². The van der Waals surface area contributed by atoms with Crippen molar-refractivity contribution in [2.45, 2.75) is 102 Å². The van der Waals surface area contributed by atoms with Gasteiger partial charge in [0.05, 0.1) is 6.10 Å². The molecule has 4 unspecified atom stereocenters. The Morgan fingerprint density at radius 1 is 0.800 bits per heavy atom. The Morgan fingerprint density at radius 3 is 2.46 bits per heavy atom. The summed E-state index contributed by atoms with van der Waals surface area (Å²) in [5.74, 6) is 1.40. The molecule has 2 fully saturated rings.